The fourth-order valence-corrected chi connectivity index (χ4v) is 2.88. The molecule has 6 nitrogen and oxygen atoms in total. The van der Waals surface area contributed by atoms with E-state index in [9.17, 15) is 9.59 Å². The Hall–Kier alpha value is -1.89. The van der Waals surface area contributed by atoms with E-state index in [-0.39, 0.29) is 18.9 Å². The van der Waals surface area contributed by atoms with Crippen molar-refractivity contribution < 1.29 is 14.7 Å². The number of imidazole rings is 1. The highest BCUT2D eigenvalue weighted by molar-refractivity contribution is 7.15. The van der Waals surface area contributed by atoms with Crippen molar-refractivity contribution in [3.05, 3.63) is 23.5 Å². The van der Waals surface area contributed by atoms with E-state index in [0.29, 0.717) is 18.2 Å². The van der Waals surface area contributed by atoms with Gasteiger partial charge in [0.05, 0.1) is 12.1 Å². The van der Waals surface area contributed by atoms with Crippen LogP contribution in [0.3, 0.4) is 0 Å². The Bertz CT molecular complexity index is 616. The van der Waals surface area contributed by atoms with E-state index < -0.39 is 5.97 Å². The summed E-state index contributed by atoms with van der Waals surface area (Å²) in [7, 11) is 0. The summed E-state index contributed by atoms with van der Waals surface area (Å²) in [6, 6.07) is 0. The van der Waals surface area contributed by atoms with Gasteiger partial charge in [0, 0.05) is 24.3 Å². The first-order chi connectivity index (χ1) is 9.61. The van der Waals surface area contributed by atoms with Crippen LogP contribution < -0.4 is 0 Å². The third kappa shape index (κ3) is 2.98. The number of carbonyl (C=O) groups is 2. The molecule has 0 saturated heterocycles. The van der Waals surface area contributed by atoms with Gasteiger partial charge in [0.15, 0.2) is 4.96 Å². The third-order valence-electron chi connectivity index (χ3n) is 3.33. The van der Waals surface area contributed by atoms with Crippen molar-refractivity contribution in [2.75, 3.05) is 13.1 Å². The van der Waals surface area contributed by atoms with Gasteiger partial charge in [-0.1, -0.05) is 0 Å². The van der Waals surface area contributed by atoms with E-state index in [2.05, 4.69) is 4.98 Å². The van der Waals surface area contributed by atoms with Crippen LogP contribution in [-0.2, 0) is 16.0 Å². The summed E-state index contributed by atoms with van der Waals surface area (Å²) in [5.41, 5.74) is 0.688. The van der Waals surface area contributed by atoms with Gasteiger partial charge in [-0.3, -0.25) is 14.0 Å². The van der Waals surface area contributed by atoms with E-state index in [1.165, 1.54) is 16.2 Å². The maximum Gasteiger partial charge on any atom is 0.323 e. The van der Waals surface area contributed by atoms with Crippen LogP contribution in [0.15, 0.2) is 17.8 Å². The van der Waals surface area contributed by atoms with E-state index in [4.69, 9.17) is 5.11 Å². The highest BCUT2D eigenvalue weighted by Crippen LogP contribution is 2.29. The minimum absolute atomic E-state index is 0.161. The molecule has 1 saturated carbocycles. The molecule has 0 unspecified atom stereocenters. The molecule has 2 aromatic heterocycles. The molecule has 20 heavy (non-hydrogen) atoms. The van der Waals surface area contributed by atoms with Crippen LogP contribution in [0.5, 0.6) is 0 Å². The number of rotatable bonds is 6. The van der Waals surface area contributed by atoms with Gasteiger partial charge in [-0.2, -0.15) is 0 Å². The fourth-order valence-electron chi connectivity index (χ4n) is 2.16. The van der Waals surface area contributed by atoms with Crippen molar-refractivity contribution in [2.24, 2.45) is 5.92 Å². The molecule has 0 bridgehead atoms. The van der Waals surface area contributed by atoms with Gasteiger partial charge in [-0.15, -0.1) is 11.3 Å². The molecule has 1 aliphatic rings. The molecule has 0 atom stereocenters. The molecular weight excluding hydrogens is 278 g/mol. The monoisotopic (exact) mass is 293 g/mol. The van der Waals surface area contributed by atoms with Crippen molar-refractivity contribution in [2.45, 2.75) is 19.3 Å². The van der Waals surface area contributed by atoms with E-state index in [1.54, 1.807) is 0 Å². The second kappa shape index (κ2) is 5.24. The fraction of sp³-hybridized carbons (Fsp3) is 0.462. The first kappa shape index (κ1) is 13.1. The molecule has 1 fully saturated rings. The zero-order valence-corrected chi connectivity index (χ0v) is 11.7. The van der Waals surface area contributed by atoms with Crippen molar-refractivity contribution in [3.8, 4) is 0 Å². The van der Waals surface area contributed by atoms with Gasteiger partial charge in [0.25, 0.3) is 0 Å². The number of hydrogen-bond donors (Lipinski definition) is 1. The van der Waals surface area contributed by atoms with Crippen LogP contribution in [0.4, 0.5) is 0 Å². The summed E-state index contributed by atoms with van der Waals surface area (Å²) < 4.78 is 1.87. The van der Waals surface area contributed by atoms with E-state index in [0.717, 1.165) is 17.8 Å². The average molecular weight is 293 g/mol. The van der Waals surface area contributed by atoms with Gasteiger partial charge >= 0.3 is 5.97 Å². The van der Waals surface area contributed by atoms with E-state index >= 15 is 0 Å². The SMILES string of the molecule is O=C(O)CN(CC1CC1)C(=O)Cc1cn2ccsc2n1. The molecule has 0 radical (unpaired) electrons. The van der Waals surface area contributed by atoms with Gasteiger partial charge in [-0.25, -0.2) is 4.98 Å². The first-order valence-electron chi connectivity index (χ1n) is 6.52. The van der Waals surface area contributed by atoms with Crippen LogP contribution in [0.2, 0.25) is 0 Å². The molecule has 2 aromatic rings. The maximum atomic E-state index is 12.2. The van der Waals surface area contributed by atoms with E-state index in [1.807, 2.05) is 22.2 Å². The molecule has 0 aliphatic heterocycles. The second-order valence-corrected chi connectivity index (χ2v) is 5.99. The summed E-state index contributed by atoms with van der Waals surface area (Å²) in [5, 5.41) is 10.8. The molecule has 2 heterocycles. The molecule has 7 heteroatoms. The van der Waals surface area contributed by atoms with Crippen LogP contribution in [-0.4, -0.2) is 44.4 Å². The number of aliphatic carboxylic acids is 1. The average Bonchev–Trinajstić information content (AvgIpc) is 2.94. The highest BCUT2D eigenvalue weighted by Gasteiger charge is 2.28. The number of amides is 1. The lowest BCUT2D eigenvalue weighted by Gasteiger charge is -2.20. The zero-order valence-electron chi connectivity index (χ0n) is 10.9. The standard InChI is InChI=1S/C13H15N3O3S/c17-11(16(8-12(18)19)6-9-1-2-9)5-10-7-15-3-4-20-13(15)14-10/h3-4,7,9H,1-2,5-6,8H2,(H,18,19). The summed E-state index contributed by atoms with van der Waals surface area (Å²) in [6.45, 7) is 0.324. The van der Waals surface area contributed by atoms with Gasteiger partial charge in [-0.05, 0) is 18.8 Å². The number of carbonyl (C=O) groups excluding carboxylic acids is 1. The topological polar surface area (TPSA) is 74.9 Å². The maximum absolute atomic E-state index is 12.2. The van der Waals surface area contributed by atoms with Gasteiger partial charge < -0.3 is 10.0 Å². The number of nitrogens with zero attached hydrogens (tertiary/aromatic N) is 3. The number of fused-ring (bicyclic) bond motifs is 1. The molecule has 106 valence electrons. The molecule has 1 N–H and O–H groups in total. The number of carboxylic acids is 1. The van der Waals surface area contributed by atoms with Crippen molar-refractivity contribution in [1.29, 1.82) is 0 Å². The Kier molecular flexibility index (Phi) is 3.43. The van der Waals surface area contributed by atoms with Crippen LogP contribution >= 0.6 is 11.3 Å². The third-order valence-corrected chi connectivity index (χ3v) is 4.10. The quantitative estimate of drug-likeness (QED) is 0.870. The Labute approximate surface area is 119 Å². The van der Waals surface area contributed by atoms with Crippen LogP contribution in [0.1, 0.15) is 18.5 Å². The Morgan fingerprint density at radius 2 is 2.30 bits per heavy atom. The summed E-state index contributed by atoms with van der Waals surface area (Å²) in [6.07, 6.45) is 6.04. The molecule has 3 rings (SSSR count). The highest BCUT2D eigenvalue weighted by atomic mass is 32.1. The normalized spacial score (nSPS) is 14.6. The summed E-state index contributed by atoms with van der Waals surface area (Å²) in [4.78, 5) is 29.7. The lowest BCUT2D eigenvalue weighted by Crippen LogP contribution is -2.38. The Balaban J connectivity index is 1.68. The van der Waals surface area contributed by atoms with Gasteiger partial charge in [0.1, 0.15) is 6.54 Å². The Morgan fingerprint density at radius 3 is 2.95 bits per heavy atom. The number of aromatic nitrogens is 2. The lowest BCUT2D eigenvalue weighted by atomic mass is 10.2. The van der Waals surface area contributed by atoms with Crippen molar-refractivity contribution in [1.82, 2.24) is 14.3 Å². The van der Waals surface area contributed by atoms with Crippen LogP contribution in [0.25, 0.3) is 4.96 Å². The predicted octanol–water partition coefficient (Wildman–Crippen LogP) is 1.26. The molecule has 0 spiro atoms. The summed E-state index contributed by atoms with van der Waals surface area (Å²) in [5.74, 6) is -0.654. The molecular formula is C13H15N3O3S. The first-order valence-corrected chi connectivity index (χ1v) is 7.40. The molecule has 0 aromatic carbocycles. The Morgan fingerprint density at radius 1 is 1.50 bits per heavy atom. The lowest BCUT2D eigenvalue weighted by molar-refractivity contribution is -0.144. The number of carboxylic acid groups (broad SMARTS) is 1. The summed E-state index contributed by atoms with van der Waals surface area (Å²) >= 11 is 1.51. The minimum atomic E-state index is -0.968. The van der Waals surface area contributed by atoms with Crippen molar-refractivity contribution in [3.63, 3.8) is 0 Å². The van der Waals surface area contributed by atoms with Gasteiger partial charge in [0.2, 0.25) is 5.91 Å². The van der Waals surface area contributed by atoms with Crippen LogP contribution in [0, 0.1) is 5.92 Å². The zero-order chi connectivity index (χ0) is 14.1. The largest absolute Gasteiger partial charge is 0.480 e. The molecule has 1 aliphatic carbocycles. The number of hydrogen-bond acceptors (Lipinski definition) is 4. The molecule has 1 amide bonds. The predicted molar refractivity (Wildman–Crippen MR) is 73.7 cm³/mol. The van der Waals surface area contributed by atoms with Crippen molar-refractivity contribution >= 4 is 28.2 Å². The minimum Gasteiger partial charge on any atom is -0.480 e. The number of thiazole rings is 1. The smallest absolute Gasteiger partial charge is 0.323 e. The second-order valence-electron chi connectivity index (χ2n) is 5.11.